The molecule has 1 saturated carbocycles. The molecule has 1 fully saturated rings. The lowest BCUT2D eigenvalue weighted by molar-refractivity contribution is 0.182. The predicted octanol–water partition coefficient (Wildman–Crippen LogP) is 3.44. The summed E-state index contributed by atoms with van der Waals surface area (Å²) >= 11 is 0. The Balaban J connectivity index is 1.65. The molecule has 1 aliphatic carbocycles. The molecule has 0 spiro atoms. The molecule has 1 aromatic carbocycles. The van der Waals surface area contributed by atoms with E-state index in [1.165, 1.54) is 12.1 Å². The first-order chi connectivity index (χ1) is 10.6. The van der Waals surface area contributed by atoms with E-state index in [1.807, 2.05) is 6.20 Å². The quantitative estimate of drug-likeness (QED) is 0.912. The molecule has 2 aromatic rings. The Morgan fingerprint density at radius 2 is 1.91 bits per heavy atom. The highest BCUT2D eigenvalue weighted by molar-refractivity contribution is 5.64. The number of nitrogens with one attached hydrogen (secondary N) is 1. The minimum Gasteiger partial charge on any atom is -0.465 e. The van der Waals surface area contributed by atoms with E-state index in [4.69, 9.17) is 5.11 Å². The van der Waals surface area contributed by atoms with Crippen LogP contribution < -0.4 is 5.32 Å². The van der Waals surface area contributed by atoms with Gasteiger partial charge >= 0.3 is 6.09 Å². The number of amides is 1. The van der Waals surface area contributed by atoms with Crippen molar-refractivity contribution >= 4 is 6.09 Å². The lowest BCUT2D eigenvalue weighted by Gasteiger charge is -2.29. The molecule has 0 unspecified atom stereocenters. The first-order valence-electron chi connectivity index (χ1n) is 7.40. The van der Waals surface area contributed by atoms with E-state index in [2.05, 4.69) is 14.9 Å². The smallest absolute Gasteiger partial charge is 0.404 e. The van der Waals surface area contributed by atoms with Crippen molar-refractivity contribution in [2.24, 2.45) is 0 Å². The van der Waals surface area contributed by atoms with Gasteiger partial charge in [-0.2, -0.15) is 0 Å². The molecular weight excluding hydrogens is 285 g/mol. The normalized spacial score (nSPS) is 21.5. The van der Waals surface area contributed by atoms with Gasteiger partial charge in [0.2, 0.25) is 0 Å². The zero-order chi connectivity index (χ0) is 15.5. The zero-order valence-electron chi connectivity index (χ0n) is 12.1. The molecule has 1 aliphatic rings. The third-order valence-electron chi connectivity index (χ3n) is 4.19. The van der Waals surface area contributed by atoms with Crippen molar-refractivity contribution in [2.45, 2.75) is 37.8 Å². The summed E-state index contributed by atoms with van der Waals surface area (Å²) in [5, 5.41) is 11.3. The topological polar surface area (TPSA) is 67.2 Å². The Kier molecular flexibility index (Phi) is 4.09. The van der Waals surface area contributed by atoms with Crippen LogP contribution in [-0.4, -0.2) is 26.8 Å². The molecule has 116 valence electrons. The van der Waals surface area contributed by atoms with Crippen molar-refractivity contribution < 1.29 is 14.3 Å². The average Bonchev–Trinajstić information content (AvgIpc) is 2.98. The van der Waals surface area contributed by atoms with Crippen LogP contribution in [0.2, 0.25) is 0 Å². The first kappa shape index (κ1) is 14.6. The van der Waals surface area contributed by atoms with Crippen LogP contribution in [0.5, 0.6) is 0 Å². The molecule has 0 aliphatic heterocycles. The number of carbonyl (C=O) groups is 1. The molecule has 6 heteroatoms. The standard InChI is InChI=1S/C16H18FN3O2/c17-12-3-1-11(2-4-12)15-9-20(10-18-15)14-7-5-13(6-8-14)19-16(21)22/h1-4,9-10,13-14,19H,5-8H2,(H,21,22). The summed E-state index contributed by atoms with van der Waals surface area (Å²) in [4.78, 5) is 15.0. The van der Waals surface area contributed by atoms with Gasteiger partial charge in [0.1, 0.15) is 5.82 Å². The highest BCUT2D eigenvalue weighted by Crippen LogP contribution is 2.30. The summed E-state index contributed by atoms with van der Waals surface area (Å²) in [5.41, 5.74) is 1.71. The fourth-order valence-electron chi connectivity index (χ4n) is 3.00. The number of imidazole rings is 1. The van der Waals surface area contributed by atoms with Gasteiger partial charge in [-0.15, -0.1) is 0 Å². The van der Waals surface area contributed by atoms with E-state index < -0.39 is 6.09 Å². The van der Waals surface area contributed by atoms with E-state index in [-0.39, 0.29) is 11.9 Å². The van der Waals surface area contributed by atoms with Crippen LogP contribution in [-0.2, 0) is 0 Å². The second-order valence-corrected chi connectivity index (χ2v) is 5.67. The van der Waals surface area contributed by atoms with E-state index in [0.29, 0.717) is 6.04 Å². The Morgan fingerprint density at radius 3 is 2.55 bits per heavy atom. The molecule has 1 amide bonds. The summed E-state index contributed by atoms with van der Waals surface area (Å²) < 4.78 is 15.0. The number of rotatable bonds is 3. The fraction of sp³-hybridized carbons (Fsp3) is 0.375. The number of hydrogen-bond acceptors (Lipinski definition) is 2. The highest BCUT2D eigenvalue weighted by Gasteiger charge is 2.23. The second-order valence-electron chi connectivity index (χ2n) is 5.67. The average molecular weight is 303 g/mol. The van der Waals surface area contributed by atoms with E-state index in [1.54, 1.807) is 18.5 Å². The van der Waals surface area contributed by atoms with Crippen LogP contribution >= 0.6 is 0 Å². The molecule has 0 bridgehead atoms. The fourth-order valence-corrected chi connectivity index (χ4v) is 3.00. The summed E-state index contributed by atoms with van der Waals surface area (Å²) in [5.74, 6) is -0.257. The maximum atomic E-state index is 13.0. The predicted molar refractivity (Wildman–Crippen MR) is 80.1 cm³/mol. The minimum absolute atomic E-state index is 0.0499. The van der Waals surface area contributed by atoms with Gasteiger partial charge in [-0.3, -0.25) is 0 Å². The largest absolute Gasteiger partial charge is 0.465 e. The maximum Gasteiger partial charge on any atom is 0.404 e. The SMILES string of the molecule is O=C(O)NC1CCC(n2cnc(-c3ccc(F)cc3)c2)CC1. The summed E-state index contributed by atoms with van der Waals surface area (Å²) in [7, 11) is 0. The van der Waals surface area contributed by atoms with E-state index >= 15 is 0 Å². The van der Waals surface area contributed by atoms with E-state index in [9.17, 15) is 9.18 Å². The number of hydrogen-bond donors (Lipinski definition) is 2. The molecule has 0 radical (unpaired) electrons. The van der Waals surface area contributed by atoms with Crippen LogP contribution in [0.3, 0.4) is 0 Å². The van der Waals surface area contributed by atoms with Crippen molar-refractivity contribution in [1.82, 2.24) is 14.9 Å². The van der Waals surface area contributed by atoms with Gasteiger partial charge in [0.25, 0.3) is 0 Å². The molecule has 1 heterocycles. The van der Waals surface area contributed by atoms with Gasteiger partial charge < -0.3 is 15.0 Å². The maximum absolute atomic E-state index is 13.0. The van der Waals surface area contributed by atoms with Gasteiger partial charge in [0, 0.05) is 23.8 Å². The van der Waals surface area contributed by atoms with Gasteiger partial charge in [0.15, 0.2) is 0 Å². The Hall–Kier alpha value is -2.37. The second kappa shape index (κ2) is 6.17. The van der Waals surface area contributed by atoms with Crippen molar-refractivity contribution in [2.75, 3.05) is 0 Å². The molecular formula is C16H18FN3O2. The lowest BCUT2D eigenvalue weighted by atomic mass is 9.91. The number of benzene rings is 1. The van der Waals surface area contributed by atoms with Crippen LogP contribution in [0.15, 0.2) is 36.8 Å². The monoisotopic (exact) mass is 303 g/mol. The summed E-state index contributed by atoms with van der Waals surface area (Å²) in [6.07, 6.45) is 6.33. The third kappa shape index (κ3) is 3.27. The molecule has 2 N–H and O–H groups in total. The number of carboxylic acid groups (broad SMARTS) is 1. The van der Waals surface area contributed by atoms with Crippen molar-refractivity contribution in [1.29, 1.82) is 0 Å². The van der Waals surface area contributed by atoms with Crippen LogP contribution in [0.1, 0.15) is 31.7 Å². The number of aromatic nitrogens is 2. The van der Waals surface area contributed by atoms with Gasteiger partial charge in [0.05, 0.1) is 12.0 Å². The van der Waals surface area contributed by atoms with Crippen molar-refractivity contribution in [3.05, 3.63) is 42.6 Å². The van der Waals surface area contributed by atoms with Gasteiger partial charge in [-0.05, 0) is 49.9 Å². The highest BCUT2D eigenvalue weighted by atomic mass is 19.1. The Labute approximate surface area is 127 Å². The van der Waals surface area contributed by atoms with Gasteiger partial charge in [-0.1, -0.05) is 0 Å². The molecule has 5 nitrogen and oxygen atoms in total. The van der Waals surface area contributed by atoms with Crippen LogP contribution in [0.4, 0.5) is 9.18 Å². The van der Waals surface area contributed by atoms with Crippen molar-refractivity contribution in [3.63, 3.8) is 0 Å². The lowest BCUT2D eigenvalue weighted by Crippen LogP contribution is -2.36. The van der Waals surface area contributed by atoms with Gasteiger partial charge in [-0.25, -0.2) is 14.2 Å². The molecule has 0 atom stereocenters. The van der Waals surface area contributed by atoms with E-state index in [0.717, 1.165) is 36.9 Å². The molecule has 1 aromatic heterocycles. The Morgan fingerprint density at radius 1 is 1.23 bits per heavy atom. The third-order valence-corrected chi connectivity index (χ3v) is 4.19. The molecule has 0 saturated heterocycles. The first-order valence-corrected chi connectivity index (χ1v) is 7.40. The number of halogens is 1. The Bertz CT molecular complexity index is 646. The minimum atomic E-state index is -0.954. The summed E-state index contributed by atoms with van der Waals surface area (Å²) in [6.45, 7) is 0. The molecule has 3 rings (SSSR count). The number of nitrogens with zero attached hydrogens (tertiary/aromatic N) is 2. The van der Waals surface area contributed by atoms with Crippen LogP contribution in [0, 0.1) is 5.82 Å². The van der Waals surface area contributed by atoms with Crippen LogP contribution in [0.25, 0.3) is 11.3 Å². The molecule has 22 heavy (non-hydrogen) atoms. The van der Waals surface area contributed by atoms with Crippen molar-refractivity contribution in [3.8, 4) is 11.3 Å². The summed E-state index contributed by atoms with van der Waals surface area (Å²) in [6, 6.07) is 6.68. The zero-order valence-corrected chi connectivity index (χ0v) is 12.1.